The molecule has 1 aromatic carbocycles. The van der Waals surface area contributed by atoms with Crippen molar-refractivity contribution in [2.45, 2.75) is 6.92 Å². The minimum atomic E-state index is -0.704. The minimum Gasteiger partial charge on any atom is -0.497 e. The van der Waals surface area contributed by atoms with Gasteiger partial charge in [-0.1, -0.05) is 5.16 Å². The largest absolute Gasteiger partial charge is 0.497 e. The number of carbonyl (C=O) groups excluding carboxylic acids is 2. The van der Waals surface area contributed by atoms with Crippen LogP contribution in [0.3, 0.4) is 0 Å². The lowest BCUT2D eigenvalue weighted by atomic mass is 10.3. The zero-order valence-electron chi connectivity index (χ0n) is 16.0. The molecule has 1 saturated heterocycles. The maximum Gasteiger partial charge on any atom is 0.315 e. The van der Waals surface area contributed by atoms with E-state index in [0.717, 1.165) is 18.0 Å². The third kappa shape index (κ3) is 5.23. The molecule has 9 nitrogen and oxygen atoms in total. The molecule has 0 aliphatic carbocycles. The third-order valence-electron chi connectivity index (χ3n) is 4.46. The van der Waals surface area contributed by atoms with Gasteiger partial charge in [-0.25, -0.2) is 0 Å². The number of nitrogens with one attached hydrogen (secondary N) is 1. The smallest absolute Gasteiger partial charge is 0.315 e. The first-order chi connectivity index (χ1) is 13.5. The molecule has 28 heavy (non-hydrogen) atoms. The van der Waals surface area contributed by atoms with E-state index in [-0.39, 0.29) is 5.82 Å². The Labute approximate surface area is 163 Å². The first-order valence-electron chi connectivity index (χ1n) is 9.08. The van der Waals surface area contributed by atoms with Crippen molar-refractivity contribution in [3.63, 3.8) is 0 Å². The number of anilines is 1. The van der Waals surface area contributed by atoms with Crippen LogP contribution < -0.4 is 14.8 Å². The first kappa shape index (κ1) is 19.7. The number of methoxy groups -OCH3 is 1. The monoisotopic (exact) mass is 388 g/mol. The second kappa shape index (κ2) is 9.23. The molecular weight excluding hydrogens is 364 g/mol. The van der Waals surface area contributed by atoms with E-state index in [1.807, 2.05) is 24.3 Å². The highest BCUT2D eigenvalue weighted by molar-refractivity contribution is 6.39. The van der Waals surface area contributed by atoms with Crippen LogP contribution in [-0.4, -0.2) is 73.2 Å². The molecule has 2 heterocycles. The molecule has 0 saturated carbocycles. The maximum atomic E-state index is 12.3. The lowest BCUT2D eigenvalue weighted by molar-refractivity contribution is -0.144. The average molecular weight is 388 g/mol. The summed E-state index contributed by atoms with van der Waals surface area (Å²) in [6.07, 6.45) is 0. The average Bonchev–Trinajstić information content (AvgIpc) is 3.13. The Morgan fingerprint density at radius 3 is 2.43 bits per heavy atom. The van der Waals surface area contributed by atoms with Crippen LogP contribution in [0.5, 0.6) is 11.5 Å². The molecular formula is C19H24N4O5. The normalized spacial score (nSPS) is 14.6. The SMILES string of the molecule is COc1ccc(OCCN2CCN(C(=O)C(=O)Nc3cc(C)on3)CC2)cc1. The van der Waals surface area contributed by atoms with E-state index < -0.39 is 11.8 Å². The van der Waals surface area contributed by atoms with Crippen LogP contribution >= 0.6 is 0 Å². The topological polar surface area (TPSA) is 97.1 Å². The Bertz CT molecular complexity index is 797. The summed E-state index contributed by atoms with van der Waals surface area (Å²) in [5, 5.41) is 6.11. The Balaban J connectivity index is 1.37. The summed E-state index contributed by atoms with van der Waals surface area (Å²) in [6, 6.07) is 9.00. The third-order valence-corrected chi connectivity index (χ3v) is 4.46. The van der Waals surface area contributed by atoms with E-state index in [2.05, 4.69) is 15.4 Å². The maximum absolute atomic E-state index is 12.3. The highest BCUT2D eigenvalue weighted by Crippen LogP contribution is 2.17. The van der Waals surface area contributed by atoms with Gasteiger partial charge in [0.25, 0.3) is 0 Å². The molecule has 0 atom stereocenters. The lowest BCUT2D eigenvalue weighted by Gasteiger charge is -2.34. The fourth-order valence-electron chi connectivity index (χ4n) is 2.88. The molecule has 0 spiro atoms. The Hall–Kier alpha value is -3.07. The summed E-state index contributed by atoms with van der Waals surface area (Å²) in [4.78, 5) is 28.1. The van der Waals surface area contributed by atoms with Crippen LogP contribution in [0.1, 0.15) is 5.76 Å². The quantitative estimate of drug-likeness (QED) is 0.742. The Kier molecular flexibility index (Phi) is 6.49. The molecule has 0 radical (unpaired) electrons. The van der Waals surface area contributed by atoms with E-state index in [9.17, 15) is 9.59 Å². The highest BCUT2D eigenvalue weighted by atomic mass is 16.5. The number of nitrogens with zero attached hydrogens (tertiary/aromatic N) is 3. The van der Waals surface area contributed by atoms with E-state index in [0.29, 0.717) is 38.5 Å². The van der Waals surface area contributed by atoms with Gasteiger partial charge in [0.1, 0.15) is 23.9 Å². The van der Waals surface area contributed by atoms with Gasteiger partial charge in [-0.15, -0.1) is 0 Å². The fourth-order valence-corrected chi connectivity index (χ4v) is 2.88. The molecule has 1 aliphatic rings. The van der Waals surface area contributed by atoms with Gasteiger partial charge >= 0.3 is 11.8 Å². The van der Waals surface area contributed by atoms with Gasteiger partial charge in [0.15, 0.2) is 5.82 Å². The minimum absolute atomic E-state index is 0.241. The van der Waals surface area contributed by atoms with Crippen molar-refractivity contribution in [1.29, 1.82) is 0 Å². The van der Waals surface area contributed by atoms with Crippen molar-refractivity contribution >= 4 is 17.6 Å². The molecule has 3 rings (SSSR count). The number of hydrogen-bond acceptors (Lipinski definition) is 7. The summed E-state index contributed by atoms with van der Waals surface area (Å²) in [5.74, 6) is 1.11. The molecule has 2 amide bonds. The zero-order valence-corrected chi connectivity index (χ0v) is 16.0. The molecule has 9 heteroatoms. The lowest BCUT2D eigenvalue weighted by Crippen LogP contribution is -2.52. The van der Waals surface area contributed by atoms with Crippen molar-refractivity contribution in [2.24, 2.45) is 0 Å². The fraction of sp³-hybridized carbons (Fsp3) is 0.421. The van der Waals surface area contributed by atoms with Gasteiger partial charge in [-0.2, -0.15) is 0 Å². The van der Waals surface area contributed by atoms with E-state index in [4.69, 9.17) is 14.0 Å². The van der Waals surface area contributed by atoms with Crippen molar-refractivity contribution in [3.8, 4) is 11.5 Å². The number of aromatic nitrogens is 1. The number of rotatable bonds is 6. The Morgan fingerprint density at radius 2 is 1.82 bits per heavy atom. The number of amides is 2. The summed E-state index contributed by atoms with van der Waals surface area (Å²) < 4.78 is 15.7. The summed E-state index contributed by atoms with van der Waals surface area (Å²) in [7, 11) is 1.62. The standard InChI is InChI=1S/C19H24N4O5/c1-14-13-17(21-28-14)20-18(24)19(25)23-9-7-22(8-10-23)11-12-27-16-5-3-15(26-2)4-6-16/h3-6,13H,7-12H2,1-2H3,(H,20,21,24). The van der Waals surface area contributed by atoms with E-state index >= 15 is 0 Å². The summed E-state index contributed by atoms with van der Waals surface area (Å²) >= 11 is 0. The molecule has 0 unspecified atom stereocenters. The summed E-state index contributed by atoms with van der Waals surface area (Å²) in [5.41, 5.74) is 0. The summed E-state index contributed by atoms with van der Waals surface area (Å²) in [6.45, 7) is 5.37. The van der Waals surface area contributed by atoms with Crippen molar-refractivity contribution in [1.82, 2.24) is 15.0 Å². The van der Waals surface area contributed by atoms with Crippen molar-refractivity contribution in [3.05, 3.63) is 36.1 Å². The predicted octanol–water partition coefficient (Wildman–Crippen LogP) is 1.15. The van der Waals surface area contributed by atoms with Crippen LogP contribution in [-0.2, 0) is 9.59 Å². The zero-order chi connectivity index (χ0) is 19.9. The molecule has 150 valence electrons. The highest BCUT2D eigenvalue weighted by Gasteiger charge is 2.26. The number of ether oxygens (including phenoxy) is 2. The van der Waals surface area contributed by atoms with E-state index in [1.54, 1.807) is 25.0 Å². The predicted molar refractivity (Wildman–Crippen MR) is 101 cm³/mol. The van der Waals surface area contributed by atoms with Crippen LogP contribution in [0.25, 0.3) is 0 Å². The van der Waals surface area contributed by atoms with Crippen LogP contribution in [0.2, 0.25) is 0 Å². The molecule has 1 N–H and O–H groups in total. The van der Waals surface area contributed by atoms with Crippen molar-refractivity contribution < 1.29 is 23.6 Å². The van der Waals surface area contributed by atoms with Crippen LogP contribution in [0.4, 0.5) is 5.82 Å². The van der Waals surface area contributed by atoms with Gasteiger partial charge in [-0.3, -0.25) is 19.8 Å². The second-order valence-corrected chi connectivity index (χ2v) is 6.43. The van der Waals surface area contributed by atoms with Gasteiger partial charge in [0.05, 0.1) is 7.11 Å². The Morgan fingerprint density at radius 1 is 1.14 bits per heavy atom. The number of carbonyl (C=O) groups is 2. The number of benzene rings is 1. The number of hydrogen-bond donors (Lipinski definition) is 1. The van der Waals surface area contributed by atoms with Gasteiger partial charge in [-0.05, 0) is 31.2 Å². The van der Waals surface area contributed by atoms with Crippen molar-refractivity contribution in [2.75, 3.05) is 51.8 Å². The van der Waals surface area contributed by atoms with E-state index in [1.165, 1.54) is 0 Å². The number of aryl methyl sites for hydroxylation is 1. The molecule has 1 fully saturated rings. The van der Waals surface area contributed by atoms with Crippen LogP contribution in [0, 0.1) is 6.92 Å². The van der Waals surface area contributed by atoms with Gasteiger partial charge in [0, 0.05) is 38.8 Å². The van der Waals surface area contributed by atoms with Gasteiger partial charge in [0.2, 0.25) is 0 Å². The molecule has 1 aromatic heterocycles. The molecule has 2 aromatic rings. The first-order valence-corrected chi connectivity index (χ1v) is 9.08. The van der Waals surface area contributed by atoms with Crippen LogP contribution in [0.15, 0.2) is 34.9 Å². The second-order valence-electron chi connectivity index (χ2n) is 6.43. The number of piperazine rings is 1. The molecule has 0 bridgehead atoms. The van der Waals surface area contributed by atoms with Gasteiger partial charge < -0.3 is 18.9 Å². The molecule has 1 aliphatic heterocycles.